The quantitative estimate of drug-likeness (QED) is 0.128. The van der Waals surface area contributed by atoms with Crippen molar-refractivity contribution >= 4 is 115 Å². The molecule has 61 heavy (non-hydrogen) atoms. The fourth-order valence-electron chi connectivity index (χ4n) is 9.11. The van der Waals surface area contributed by atoms with Crippen LogP contribution in [0.4, 0.5) is 11.6 Å². The third kappa shape index (κ3) is 11.8. The third-order valence-corrected chi connectivity index (χ3v) is 16.5. The van der Waals surface area contributed by atoms with Gasteiger partial charge in [0, 0.05) is 76.2 Å². The molecule has 4 fully saturated rings. The minimum Gasteiger partial charge on any atom is -0.412 e. The number of amides is 2. The number of fused-ring (bicyclic) bond motifs is 2. The predicted molar refractivity (Wildman–Crippen MR) is 268 cm³/mol. The Kier molecular flexibility index (Phi) is 18.0. The van der Waals surface area contributed by atoms with Gasteiger partial charge < -0.3 is 25.1 Å². The number of nitrogens with zero attached hydrogens (tertiary/aromatic N) is 8. The fourth-order valence-corrected chi connectivity index (χ4v) is 14.2. The Hall–Kier alpha value is -2.08. The molecule has 2 aromatic heterocycles. The van der Waals surface area contributed by atoms with E-state index < -0.39 is 0 Å². The van der Waals surface area contributed by atoms with Gasteiger partial charge in [-0.1, -0.05) is 24.3 Å². The first kappa shape index (κ1) is 51.6. The molecule has 4 aliphatic heterocycles. The minimum atomic E-state index is -0.292. The first-order valence-corrected chi connectivity index (χ1v) is 24.4. The van der Waals surface area contributed by atoms with E-state index in [0.717, 1.165) is 116 Å². The average Bonchev–Trinajstić information content (AvgIpc) is 3.89. The highest BCUT2D eigenvalue weighted by molar-refractivity contribution is 8.03. The van der Waals surface area contributed by atoms with E-state index in [0.29, 0.717) is 0 Å². The zero-order chi connectivity index (χ0) is 41.3. The van der Waals surface area contributed by atoms with Gasteiger partial charge in [-0.05, 0) is 141 Å². The molecule has 4 aromatic rings. The van der Waals surface area contributed by atoms with Crippen molar-refractivity contribution in [3.05, 3.63) is 48.5 Å². The van der Waals surface area contributed by atoms with Crippen molar-refractivity contribution in [2.24, 2.45) is 0 Å². The van der Waals surface area contributed by atoms with Crippen LogP contribution in [0.1, 0.15) is 81.1 Å². The van der Waals surface area contributed by atoms with Gasteiger partial charge >= 0.3 is 0 Å². The molecular formula is C44H68Cl2N8O3S4. The maximum atomic E-state index is 12.7. The van der Waals surface area contributed by atoms with Crippen LogP contribution >= 0.6 is 71.4 Å². The number of benzene rings is 2. The molecule has 0 unspecified atom stereocenters. The van der Waals surface area contributed by atoms with Gasteiger partial charge in [-0.15, -0.1) is 48.3 Å². The van der Waals surface area contributed by atoms with Crippen LogP contribution in [0.25, 0.3) is 20.2 Å². The summed E-state index contributed by atoms with van der Waals surface area (Å²) < 4.78 is 11.4. The molecule has 0 radical (unpaired) electrons. The SMILES string of the molecule is CC1(C)SC(C)(C)N(CCCCN2CCN(c3nsc4ccccc34)CC2)C1=O.CC1(C)SC(C)(C)N(CCCCN2CCN(c3nsc4ccccc34)CC2)C1=O.Cl.Cl.O. The Morgan fingerprint density at radius 3 is 1.16 bits per heavy atom. The maximum absolute atomic E-state index is 12.7. The standard InChI is InChI=1S/2C22H32N4OS2.2ClH.H2O/c2*1-21(2)20(27)26(22(3,4)29-21)12-8-7-11-24-13-15-25(16-14-24)19-17-9-5-6-10-18(17)28-23-19;;;/h2*5-6,9-10H,7-8,11-16H2,1-4H3;2*1H;1H2. The number of piperazine rings is 2. The highest BCUT2D eigenvalue weighted by Gasteiger charge is 2.51. The van der Waals surface area contributed by atoms with E-state index in [1.807, 2.05) is 27.7 Å². The van der Waals surface area contributed by atoms with E-state index in [-0.39, 0.29) is 61.3 Å². The lowest BCUT2D eigenvalue weighted by Gasteiger charge is -2.35. The Labute approximate surface area is 393 Å². The van der Waals surface area contributed by atoms with Gasteiger partial charge in [0.05, 0.1) is 28.6 Å². The number of carbonyl (C=O) groups is 2. The van der Waals surface area contributed by atoms with Crippen LogP contribution in [0, 0.1) is 0 Å². The molecule has 2 aromatic carbocycles. The van der Waals surface area contributed by atoms with Crippen molar-refractivity contribution < 1.29 is 15.1 Å². The predicted octanol–water partition coefficient (Wildman–Crippen LogP) is 8.60. The van der Waals surface area contributed by atoms with E-state index in [1.165, 1.54) is 20.2 Å². The molecule has 340 valence electrons. The lowest BCUT2D eigenvalue weighted by molar-refractivity contribution is -0.134. The molecule has 4 aliphatic rings. The third-order valence-electron chi connectivity index (χ3n) is 12.1. The molecule has 17 heteroatoms. The zero-order valence-corrected chi connectivity index (χ0v) is 42.2. The van der Waals surface area contributed by atoms with Crippen LogP contribution < -0.4 is 9.80 Å². The number of unbranched alkanes of at least 4 members (excludes halogenated alkanes) is 2. The van der Waals surface area contributed by atoms with Crippen LogP contribution in [-0.4, -0.2) is 143 Å². The van der Waals surface area contributed by atoms with Gasteiger partial charge in [-0.25, -0.2) is 0 Å². The molecule has 8 rings (SSSR count). The largest absolute Gasteiger partial charge is 0.412 e. The molecule has 0 atom stereocenters. The Balaban J connectivity index is 0.000000256. The van der Waals surface area contributed by atoms with Crippen LogP contribution in [0.5, 0.6) is 0 Å². The summed E-state index contributed by atoms with van der Waals surface area (Å²) in [6.07, 6.45) is 4.43. The van der Waals surface area contributed by atoms with Crippen molar-refractivity contribution in [2.45, 2.75) is 100 Å². The molecule has 4 saturated heterocycles. The van der Waals surface area contributed by atoms with Crippen molar-refractivity contribution in [3.8, 4) is 0 Å². The normalized spacial score (nSPS) is 20.9. The molecule has 6 heterocycles. The van der Waals surface area contributed by atoms with Crippen molar-refractivity contribution in [1.82, 2.24) is 28.3 Å². The summed E-state index contributed by atoms with van der Waals surface area (Å²) in [5.41, 5.74) is 0. The number of halogens is 2. The van der Waals surface area contributed by atoms with Gasteiger partial charge in [-0.2, -0.15) is 8.75 Å². The van der Waals surface area contributed by atoms with E-state index in [4.69, 9.17) is 8.75 Å². The van der Waals surface area contributed by atoms with Crippen molar-refractivity contribution in [1.29, 1.82) is 0 Å². The maximum Gasteiger partial charge on any atom is 0.239 e. The average molecular weight is 956 g/mol. The number of carbonyl (C=O) groups excluding carboxylic acids is 2. The number of thioether (sulfide) groups is 2. The highest BCUT2D eigenvalue weighted by atomic mass is 35.5. The summed E-state index contributed by atoms with van der Waals surface area (Å²) in [7, 11) is 0. The molecule has 2 amide bonds. The second-order valence-electron chi connectivity index (χ2n) is 18.1. The Bertz CT molecular complexity index is 1900. The van der Waals surface area contributed by atoms with Crippen molar-refractivity contribution in [2.75, 3.05) is 88.3 Å². The van der Waals surface area contributed by atoms with Gasteiger partial charge in [0.2, 0.25) is 11.8 Å². The molecule has 0 saturated carbocycles. The number of aromatic nitrogens is 2. The van der Waals surface area contributed by atoms with Gasteiger partial charge in [0.15, 0.2) is 0 Å². The fraction of sp³-hybridized carbons (Fsp3) is 0.636. The van der Waals surface area contributed by atoms with E-state index in [1.54, 1.807) is 46.6 Å². The molecular weight excluding hydrogens is 888 g/mol. The first-order chi connectivity index (χ1) is 27.6. The number of anilines is 2. The van der Waals surface area contributed by atoms with Gasteiger partial charge in [0.25, 0.3) is 0 Å². The number of rotatable bonds is 12. The lowest BCUT2D eigenvalue weighted by Crippen LogP contribution is -2.47. The summed E-state index contributed by atoms with van der Waals surface area (Å²) in [6.45, 7) is 29.3. The zero-order valence-electron chi connectivity index (χ0n) is 37.3. The summed E-state index contributed by atoms with van der Waals surface area (Å²) in [6, 6.07) is 17.0. The van der Waals surface area contributed by atoms with Gasteiger partial charge in [-0.3, -0.25) is 19.4 Å². The van der Waals surface area contributed by atoms with E-state index in [9.17, 15) is 9.59 Å². The second-order valence-corrected chi connectivity index (χ2v) is 24.2. The number of hydrogen-bond acceptors (Lipinski definition) is 12. The molecule has 0 spiro atoms. The van der Waals surface area contributed by atoms with E-state index in [2.05, 4.69) is 106 Å². The second kappa shape index (κ2) is 21.3. The topological polar surface area (TPSA) is 111 Å². The molecule has 0 bridgehead atoms. The summed E-state index contributed by atoms with van der Waals surface area (Å²) >= 11 is 6.76. The Morgan fingerprint density at radius 2 is 0.836 bits per heavy atom. The molecule has 2 N–H and O–H groups in total. The lowest BCUT2D eigenvalue weighted by atomic mass is 10.1. The van der Waals surface area contributed by atoms with Crippen LogP contribution in [0.15, 0.2) is 48.5 Å². The van der Waals surface area contributed by atoms with Crippen LogP contribution in [-0.2, 0) is 9.59 Å². The van der Waals surface area contributed by atoms with E-state index >= 15 is 0 Å². The van der Waals surface area contributed by atoms with Crippen LogP contribution in [0.3, 0.4) is 0 Å². The summed E-state index contributed by atoms with van der Waals surface area (Å²) in [4.78, 5) is 39.3. The van der Waals surface area contributed by atoms with Gasteiger partial charge in [0.1, 0.15) is 11.6 Å². The first-order valence-electron chi connectivity index (χ1n) is 21.2. The smallest absolute Gasteiger partial charge is 0.239 e. The Morgan fingerprint density at radius 1 is 0.508 bits per heavy atom. The monoisotopic (exact) mass is 954 g/mol. The highest BCUT2D eigenvalue weighted by Crippen LogP contribution is 2.48. The number of hydrogen-bond donors (Lipinski definition) is 0. The van der Waals surface area contributed by atoms with Crippen LogP contribution in [0.2, 0.25) is 0 Å². The van der Waals surface area contributed by atoms with Crippen molar-refractivity contribution in [3.63, 3.8) is 0 Å². The molecule has 11 nitrogen and oxygen atoms in total. The molecule has 0 aliphatic carbocycles. The summed E-state index contributed by atoms with van der Waals surface area (Å²) in [5, 5.41) is 2.56. The minimum absolute atomic E-state index is 0. The summed E-state index contributed by atoms with van der Waals surface area (Å²) in [5.74, 6) is 2.88.